The third-order valence-electron chi connectivity index (χ3n) is 2.00. The Morgan fingerprint density at radius 2 is 2.25 bits per heavy atom. The molecule has 1 unspecified atom stereocenters. The zero-order valence-electron chi connectivity index (χ0n) is 7.22. The van der Waals surface area contributed by atoms with Gasteiger partial charge in [0, 0.05) is 5.92 Å². The van der Waals surface area contributed by atoms with Gasteiger partial charge in [-0.25, -0.2) is 4.39 Å². The van der Waals surface area contributed by atoms with Crippen LogP contribution in [0.4, 0.5) is 4.39 Å². The summed E-state index contributed by atoms with van der Waals surface area (Å²) in [6.45, 7) is 1.17. The highest BCUT2D eigenvalue weighted by molar-refractivity contribution is 5.79. The zero-order chi connectivity index (χ0) is 8.97. The van der Waals surface area contributed by atoms with E-state index >= 15 is 0 Å². The molecular formula is C9H14FNO. The molecule has 0 radical (unpaired) electrons. The van der Waals surface area contributed by atoms with Crippen molar-refractivity contribution in [1.29, 1.82) is 0 Å². The fourth-order valence-corrected chi connectivity index (χ4v) is 1.23. The van der Waals surface area contributed by atoms with Crippen LogP contribution < -0.4 is 5.32 Å². The second-order valence-corrected chi connectivity index (χ2v) is 3.20. The summed E-state index contributed by atoms with van der Waals surface area (Å²) in [7, 11) is 0. The normalized spacial score (nSPS) is 19.5. The summed E-state index contributed by atoms with van der Waals surface area (Å²) in [6.07, 6.45) is 5.57. The van der Waals surface area contributed by atoms with E-state index in [0.29, 0.717) is 0 Å². The lowest BCUT2D eigenvalue weighted by molar-refractivity contribution is -0.125. The topological polar surface area (TPSA) is 29.1 Å². The van der Waals surface area contributed by atoms with Gasteiger partial charge in [0.1, 0.15) is 6.67 Å². The Hall–Kier alpha value is -0.860. The molecule has 1 aliphatic carbocycles. The molecule has 1 amide bonds. The Kier molecular flexibility index (Phi) is 3.26. The van der Waals surface area contributed by atoms with E-state index in [-0.39, 0.29) is 17.9 Å². The minimum atomic E-state index is -0.494. The number of rotatable bonds is 3. The fourth-order valence-electron chi connectivity index (χ4n) is 1.23. The predicted molar refractivity (Wildman–Crippen MR) is 45.4 cm³/mol. The monoisotopic (exact) mass is 171 g/mol. The van der Waals surface area contributed by atoms with Crippen LogP contribution in [0.15, 0.2) is 12.2 Å². The summed E-state index contributed by atoms with van der Waals surface area (Å²) in [4.78, 5) is 11.3. The van der Waals surface area contributed by atoms with Crippen LogP contribution in [-0.4, -0.2) is 18.6 Å². The lowest BCUT2D eigenvalue weighted by atomic mass is 10.1. The van der Waals surface area contributed by atoms with Crippen LogP contribution in [0, 0.1) is 5.92 Å². The molecule has 1 atom stereocenters. The van der Waals surface area contributed by atoms with E-state index in [4.69, 9.17) is 0 Å². The molecule has 0 aliphatic heterocycles. The highest BCUT2D eigenvalue weighted by Gasteiger charge is 2.19. The first-order valence-corrected chi connectivity index (χ1v) is 4.25. The standard InChI is InChI=1S/C9H14FNO/c1-7(6-10)11-9(12)8-4-2-3-5-8/h2-3,7-8H,4-6H2,1H3,(H,11,12). The van der Waals surface area contributed by atoms with Gasteiger partial charge in [-0.1, -0.05) is 12.2 Å². The van der Waals surface area contributed by atoms with Gasteiger partial charge in [0.15, 0.2) is 0 Å². The number of carbonyl (C=O) groups is 1. The molecule has 0 saturated carbocycles. The summed E-state index contributed by atoms with van der Waals surface area (Å²) >= 11 is 0. The molecule has 0 bridgehead atoms. The van der Waals surface area contributed by atoms with Crippen LogP contribution in [0.25, 0.3) is 0 Å². The van der Waals surface area contributed by atoms with Crippen LogP contribution in [-0.2, 0) is 4.79 Å². The highest BCUT2D eigenvalue weighted by atomic mass is 19.1. The molecule has 0 aromatic carbocycles. The first-order valence-electron chi connectivity index (χ1n) is 4.25. The number of hydrogen-bond acceptors (Lipinski definition) is 1. The minimum Gasteiger partial charge on any atom is -0.351 e. The van der Waals surface area contributed by atoms with Crippen molar-refractivity contribution < 1.29 is 9.18 Å². The number of hydrogen-bond donors (Lipinski definition) is 1. The third-order valence-corrected chi connectivity index (χ3v) is 2.00. The molecule has 1 N–H and O–H groups in total. The molecule has 0 saturated heterocycles. The average Bonchev–Trinajstić information content (AvgIpc) is 2.56. The number of nitrogens with one attached hydrogen (secondary N) is 1. The van der Waals surface area contributed by atoms with Crippen LogP contribution in [0.2, 0.25) is 0 Å². The third kappa shape index (κ3) is 2.32. The summed E-state index contributed by atoms with van der Waals surface area (Å²) in [6, 6.07) is -0.349. The summed E-state index contributed by atoms with van der Waals surface area (Å²) < 4.78 is 12.0. The predicted octanol–water partition coefficient (Wildman–Crippen LogP) is 1.43. The second kappa shape index (κ2) is 4.24. The van der Waals surface area contributed by atoms with Gasteiger partial charge >= 0.3 is 0 Å². The number of allylic oxidation sites excluding steroid dienone is 2. The molecule has 68 valence electrons. The maximum atomic E-state index is 12.0. The van der Waals surface area contributed by atoms with E-state index in [1.165, 1.54) is 0 Å². The van der Waals surface area contributed by atoms with Gasteiger partial charge in [-0.05, 0) is 19.8 Å². The van der Waals surface area contributed by atoms with Gasteiger partial charge in [0.2, 0.25) is 5.91 Å². The molecule has 1 aliphatic rings. The van der Waals surface area contributed by atoms with Gasteiger partial charge < -0.3 is 5.32 Å². The Morgan fingerprint density at radius 1 is 1.67 bits per heavy atom. The highest BCUT2D eigenvalue weighted by Crippen LogP contribution is 2.17. The van der Waals surface area contributed by atoms with E-state index in [1.54, 1.807) is 6.92 Å². The number of alkyl halides is 1. The second-order valence-electron chi connectivity index (χ2n) is 3.20. The molecule has 1 rings (SSSR count). The van der Waals surface area contributed by atoms with Crippen LogP contribution in [0.3, 0.4) is 0 Å². The van der Waals surface area contributed by atoms with E-state index in [0.717, 1.165) is 12.8 Å². The van der Waals surface area contributed by atoms with E-state index in [2.05, 4.69) is 5.32 Å². The Labute approximate surface area is 71.8 Å². The molecule has 2 nitrogen and oxygen atoms in total. The Bertz CT molecular complexity index is 183. The van der Waals surface area contributed by atoms with Crippen molar-refractivity contribution >= 4 is 5.91 Å². The van der Waals surface area contributed by atoms with Gasteiger partial charge in [-0.3, -0.25) is 4.79 Å². The largest absolute Gasteiger partial charge is 0.351 e. The van der Waals surface area contributed by atoms with Crippen molar-refractivity contribution in [3.8, 4) is 0 Å². The number of amides is 1. The maximum absolute atomic E-state index is 12.0. The smallest absolute Gasteiger partial charge is 0.224 e. The van der Waals surface area contributed by atoms with Gasteiger partial charge in [-0.2, -0.15) is 0 Å². The average molecular weight is 171 g/mol. The van der Waals surface area contributed by atoms with Crippen molar-refractivity contribution in [2.75, 3.05) is 6.67 Å². The van der Waals surface area contributed by atoms with E-state index in [9.17, 15) is 9.18 Å². The molecule has 0 fully saturated rings. The molecule has 0 spiro atoms. The lowest BCUT2D eigenvalue weighted by Gasteiger charge is -2.13. The van der Waals surface area contributed by atoms with Crippen LogP contribution >= 0.6 is 0 Å². The van der Waals surface area contributed by atoms with Crippen LogP contribution in [0.5, 0.6) is 0 Å². The lowest BCUT2D eigenvalue weighted by Crippen LogP contribution is -2.37. The molecule has 0 aromatic rings. The van der Waals surface area contributed by atoms with Gasteiger partial charge in [0.05, 0.1) is 6.04 Å². The van der Waals surface area contributed by atoms with E-state index < -0.39 is 6.67 Å². The minimum absolute atomic E-state index is 0.0230. The molecule has 0 aromatic heterocycles. The van der Waals surface area contributed by atoms with Crippen LogP contribution in [0.1, 0.15) is 19.8 Å². The molecule has 3 heteroatoms. The SMILES string of the molecule is CC(CF)NC(=O)C1CC=CC1. The fraction of sp³-hybridized carbons (Fsp3) is 0.667. The maximum Gasteiger partial charge on any atom is 0.224 e. The van der Waals surface area contributed by atoms with Gasteiger partial charge in [-0.15, -0.1) is 0 Å². The van der Waals surface area contributed by atoms with Crippen molar-refractivity contribution in [1.82, 2.24) is 5.32 Å². The first kappa shape index (κ1) is 9.23. The molecule has 0 heterocycles. The number of halogens is 1. The van der Waals surface area contributed by atoms with Gasteiger partial charge in [0.25, 0.3) is 0 Å². The van der Waals surface area contributed by atoms with Crippen molar-refractivity contribution in [2.45, 2.75) is 25.8 Å². The Morgan fingerprint density at radius 3 is 2.75 bits per heavy atom. The summed E-state index contributed by atoms with van der Waals surface area (Å²) in [5.74, 6) is 0.0177. The zero-order valence-corrected chi connectivity index (χ0v) is 7.22. The Balaban J connectivity index is 2.28. The van der Waals surface area contributed by atoms with Crippen molar-refractivity contribution in [3.05, 3.63) is 12.2 Å². The summed E-state index contributed by atoms with van der Waals surface area (Å²) in [5, 5.41) is 2.62. The van der Waals surface area contributed by atoms with Crippen molar-refractivity contribution in [3.63, 3.8) is 0 Å². The molecule has 12 heavy (non-hydrogen) atoms. The van der Waals surface area contributed by atoms with E-state index in [1.807, 2.05) is 12.2 Å². The molecular weight excluding hydrogens is 157 g/mol. The first-order chi connectivity index (χ1) is 5.74. The quantitative estimate of drug-likeness (QED) is 0.639. The summed E-state index contributed by atoms with van der Waals surface area (Å²) in [5.41, 5.74) is 0. The number of carbonyl (C=O) groups excluding carboxylic acids is 1. The van der Waals surface area contributed by atoms with Crippen molar-refractivity contribution in [2.24, 2.45) is 5.92 Å².